The van der Waals surface area contributed by atoms with E-state index in [2.05, 4.69) is 25.5 Å². The van der Waals surface area contributed by atoms with Gasteiger partial charge in [-0.05, 0) is 65.9 Å². The largest absolute Gasteiger partial charge is 0.444 e. The van der Waals surface area contributed by atoms with Gasteiger partial charge >= 0.3 is 6.09 Å². The molecule has 0 spiro atoms. The van der Waals surface area contributed by atoms with Gasteiger partial charge in [0.1, 0.15) is 26.8 Å². The summed E-state index contributed by atoms with van der Waals surface area (Å²) >= 11 is 0. The zero-order chi connectivity index (χ0) is 43.8. The maximum absolute atomic E-state index is 15.6. The molecule has 16 nitrogen and oxygen atoms in total. The molecule has 0 aliphatic rings. The summed E-state index contributed by atoms with van der Waals surface area (Å²) in [5, 5.41) is 10.6. The van der Waals surface area contributed by atoms with Gasteiger partial charge in [0.25, 0.3) is 20.0 Å². The molecule has 0 aliphatic carbocycles. The molecule has 6 heterocycles. The van der Waals surface area contributed by atoms with Gasteiger partial charge in [0.15, 0.2) is 11.6 Å². The van der Waals surface area contributed by atoms with Crippen molar-refractivity contribution >= 4 is 38.5 Å². The third-order valence-corrected chi connectivity index (χ3v) is 12.5. The minimum Gasteiger partial charge on any atom is -0.444 e. The number of hydrogen-bond donors (Lipinski definition) is 1. The molecular formula is C37H43ClF4N10O6S2. The molecule has 23 heteroatoms. The molecule has 0 saturated heterocycles. The number of rotatable bonds is 10. The first-order chi connectivity index (χ1) is 27.5. The standard InChI is InChI=1S/C21H25F2N5O4S.C16H17F2N5O2S.ClH/c1-13-16(10-25-27(13)6)33(30,31)28-12-14(11-26(5)20(29)32-21(2,3)4)17(22)18(28)15-8-7-9-24-19(15)23;1-10-13(8-21-22(10)3)26(24,25)23-9-11(7-19-2)14(17)15(23)12-5-4-6-20-16(12)18;/h7-10,12H,11H2,1-6H3;4-6,8-9,19H,7H2,1-3H3;1H. The van der Waals surface area contributed by atoms with Gasteiger partial charge in [-0.2, -0.15) is 19.0 Å². The van der Waals surface area contributed by atoms with E-state index in [1.807, 2.05) is 0 Å². The number of amides is 1. The Bertz CT molecular complexity index is 2760. The number of nitrogens with zero attached hydrogens (tertiary/aromatic N) is 9. The summed E-state index contributed by atoms with van der Waals surface area (Å²) in [7, 11) is -2.42. The average molecular weight is 899 g/mol. The van der Waals surface area contributed by atoms with Gasteiger partial charge in [-0.25, -0.2) is 48.3 Å². The number of hydrogen-bond acceptors (Lipinski definition) is 11. The first-order valence-corrected chi connectivity index (χ1v) is 20.5. The van der Waals surface area contributed by atoms with E-state index in [-0.39, 0.29) is 57.5 Å². The van der Waals surface area contributed by atoms with E-state index in [9.17, 15) is 34.8 Å². The Kier molecular flexibility index (Phi) is 14.1. The lowest BCUT2D eigenvalue weighted by molar-refractivity contribution is 0.0284. The summed E-state index contributed by atoms with van der Waals surface area (Å²) < 4.78 is 122. The number of halogens is 5. The molecular weight excluding hydrogens is 856 g/mol. The van der Waals surface area contributed by atoms with Gasteiger partial charge in [-0.15, -0.1) is 12.4 Å². The smallest absolute Gasteiger partial charge is 0.410 e. The second-order valence-corrected chi connectivity index (χ2v) is 17.8. The average Bonchev–Trinajstić information content (AvgIpc) is 3.89. The Morgan fingerprint density at radius 1 is 0.783 bits per heavy atom. The van der Waals surface area contributed by atoms with E-state index in [1.54, 1.807) is 55.8 Å². The quantitative estimate of drug-likeness (QED) is 0.131. The van der Waals surface area contributed by atoms with Crippen LogP contribution in [0.25, 0.3) is 22.5 Å². The molecule has 0 saturated carbocycles. The van der Waals surface area contributed by atoms with E-state index in [4.69, 9.17) is 4.74 Å². The normalized spacial score (nSPS) is 11.8. The fourth-order valence-electron chi connectivity index (χ4n) is 5.76. The van der Waals surface area contributed by atoms with Gasteiger partial charge in [0.05, 0.1) is 41.5 Å². The number of pyridine rings is 2. The molecule has 0 radical (unpaired) electrons. The number of carbonyl (C=O) groups excluding carboxylic acids is 1. The number of ether oxygens (including phenoxy) is 1. The monoisotopic (exact) mass is 898 g/mol. The second-order valence-electron chi connectivity index (χ2n) is 14.2. The second kappa shape index (κ2) is 18.0. The molecule has 6 aromatic rings. The molecule has 324 valence electrons. The molecule has 0 atom stereocenters. The van der Waals surface area contributed by atoms with Crippen LogP contribution < -0.4 is 5.32 Å². The van der Waals surface area contributed by atoms with Crippen LogP contribution in [-0.4, -0.2) is 85.0 Å². The van der Waals surface area contributed by atoms with Crippen molar-refractivity contribution in [2.75, 3.05) is 14.1 Å². The van der Waals surface area contributed by atoms with Gasteiger partial charge < -0.3 is 15.0 Å². The third kappa shape index (κ3) is 9.25. The summed E-state index contributed by atoms with van der Waals surface area (Å²) in [6.07, 6.45) is 6.14. The number of aromatic nitrogens is 8. The van der Waals surface area contributed by atoms with Crippen LogP contribution in [0.5, 0.6) is 0 Å². The SMILES string of the molecule is CNCc1cn(S(=O)(=O)c2cnn(C)c2C)c(-c2cccnc2F)c1F.Cc1c(S(=O)(=O)n2cc(CN(C)C(=O)OC(C)(C)C)c(F)c2-c2cccnc2F)cnn1C.Cl. The Labute approximate surface area is 350 Å². The van der Waals surface area contributed by atoms with Crippen molar-refractivity contribution in [2.45, 2.75) is 63.1 Å². The lowest BCUT2D eigenvalue weighted by atomic mass is 10.1. The zero-order valence-electron chi connectivity index (χ0n) is 33.9. The van der Waals surface area contributed by atoms with E-state index in [1.165, 1.54) is 59.3 Å². The zero-order valence-corrected chi connectivity index (χ0v) is 36.3. The lowest BCUT2D eigenvalue weighted by Crippen LogP contribution is -2.33. The van der Waals surface area contributed by atoms with Gasteiger partial charge in [0, 0.05) is 63.6 Å². The third-order valence-electron chi connectivity index (χ3n) is 8.93. The minimum atomic E-state index is -4.37. The van der Waals surface area contributed by atoms with Crippen molar-refractivity contribution < 1.29 is 43.9 Å². The van der Waals surface area contributed by atoms with E-state index in [0.29, 0.717) is 15.4 Å². The fourth-order valence-corrected chi connectivity index (χ4v) is 8.93. The molecule has 6 rings (SSSR count). The maximum atomic E-state index is 15.6. The highest BCUT2D eigenvalue weighted by molar-refractivity contribution is 7.90. The molecule has 0 aliphatic heterocycles. The van der Waals surface area contributed by atoms with Crippen LogP contribution in [0.15, 0.2) is 71.2 Å². The first kappa shape index (κ1) is 47.1. The van der Waals surface area contributed by atoms with Crippen LogP contribution >= 0.6 is 12.4 Å². The van der Waals surface area contributed by atoms with E-state index >= 15 is 4.39 Å². The van der Waals surface area contributed by atoms with Crippen LogP contribution in [0.1, 0.15) is 43.3 Å². The molecule has 60 heavy (non-hydrogen) atoms. The van der Waals surface area contributed by atoms with Gasteiger partial charge in [-0.1, -0.05) is 0 Å². The predicted molar refractivity (Wildman–Crippen MR) is 214 cm³/mol. The van der Waals surface area contributed by atoms with Crippen LogP contribution in [-0.2, 0) is 52.0 Å². The minimum absolute atomic E-state index is 0. The molecule has 0 fully saturated rings. The van der Waals surface area contributed by atoms with Crippen molar-refractivity contribution in [1.82, 2.24) is 47.7 Å². The topological polar surface area (TPSA) is 181 Å². The summed E-state index contributed by atoms with van der Waals surface area (Å²) in [6, 6.07) is 5.29. The highest BCUT2D eigenvalue weighted by atomic mass is 35.5. The first-order valence-electron chi connectivity index (χ1n) is 17.6. The fraction of sp³-hybridized carbons (Fsp3) is 0.324. The van der Waals surface area contributed by atoms with Crippen LogP contribution in [0.3, 0.4) is 0 Å². The Hall–Kier alpha value is -5.58. The summed E-state index contributed by atoms with van der Waals surface area (Å²) in [4.78, 5) is 20.2. The van der Waals surface area contributed by atoms with Crippen LogP contribution in [0.2, 0.25) is 0 Å². The van der Waals surface area contributed by atoms with Crippen molar-refractivity contribution in [3.05, 3.63) is 107 Å². The molecule has 0 unspecified atom stereocenters. The number of carbonyl (C=O) groups is 1. The van der Waals surface area contributed by atoms with Crippen LogP contribution in [0, 0.1) is 37.4 Å². The molecule has 1 N–H and O–H groups in total. The van der Waals surface area contributed by atoms with Crippen LogP contribution in [0.4, 0.5) is 22.4 Å². The number of aryl methyl sites for hydroxylation is 2. The summed E-state index contributed by atoms with van der Waals surface area (Å²) in [5.41, 5.74) is -1.64. The Balaban J connectivity index is 0.000000267. The van der Waals surface area contributed by atoms with Gasteiger partial charge in [-0.3, -0.25) is 9.36 Å². The summed E-state index contributed by atoms with van der Waals surface area (Å²) in [6.45, 7) is 7.94. The van der Waals surface area contributed by atoms with Crippen molar-refractivity contribution in [2.24, 2.45) is 14.1 Å². The highest BCUT2D eigenvalue weighted by Gasteiger charge is 2.33. The predicted octanol–water partition coefficient (Wildman–Crippen LogP) is 5.72. The maximum Gasteiger partial charge on any atom is 0.410 e. The number of nitrogens with one attached hydrogen (secondary N) is 1. The highest BCUT2D eigenvalue weighted by Crippen LogP contribution is 2.34. The molecule has 0 bridgehead atoms. The van der Waals surface area contributed by atoms with Crippen molar-refractivity contribution in [1.29, 1.82) is 0 Å². The molecule has 0 aromatic carbocycles. The lowest BCUT2D eigenvalue weighted by Gasteiger charge is -2.24. The van der Waals surface area contributed by atoms with Gasteiger partial charge in [0.2, 0.25) is 11.9 Å². The Morgan fingerprint density at radius 2 is 1.20 bits per heavy atom. The Morgan fingerprint density at radius 3 is 1.57 bits per heavy atom. The van der Waals surface area contributed by atoms with Crippen molar-refractivity contribution in [3.63, 3.8) is 0 Å². The van der Waals surface area contributed by atoms with E-state index in [0.717, 1.165) is 27.5 Å². The molecule has 1 amide bonds. The summed E-state index contributed by atoms with van der Waals surface area (Å²) in [5.74, 6) is -3.82. The van der Waals surface area contributed by atoms with E-state index < -0.39 is 66.7 Å². The molecule has 6 aromatic heterocycles. The van der Waals surface area contributed by atoms with Crippen molar-refractivity contribution in [3.8, 4) is 22.5 Å².